The van der Waals surface area contributed by atoms with E-state index in [1.54, 1.807) is 10.6 Å². The van der Waals surface area contributed by atoms with Crippen molar-refractivity contribution in [3.8, 4) is 0 Å². The number of thiazole rings is 1. The van der Waals surface area contributed by atoms with Gasteiger partial charge in [0.1, 0.15) is 0 Å². The minimum Gasteiger partial charge on any atom is -0.408 e. The number of anilines is 1. The number of oxazole rings is 1. The lowest BCUT2D eigenvalue weighted by Crippen LogP contribution is -2.33. The van der Waals surface area contributed by atoms with Crippen LogP contribution in [0, 0.1) is 5.92 Å². The number of para-hydroxylation sites is 2. The van der Waals surface area contributed by atoms with E-state index in [2.05, 4.69) is 22.1 Å². The Morgan fingerprint density at radius 2 is 2.24 bits per heavy atom. The van der Waals surface area contributed by atoms with E-state index in [9.17, 15) is 9.59 Å². The molecule has 0 spiro atoms. The Kier molecular flexibility index (Phi) is 6.10. The highest BCUT2D eigenvalue weighted by atomic mass is 32.1. The molecule has 3 aromatic rings. The summed E-state index contributed by atoms with van der Waals surface area (Å²) in [6.07, 6.45) is 3.42. The van der Waals surface area contributed by atoms with Gasteiger partial charge in [0.05, 0.1) is 11.2 Å². The van der Waals surface area contributed by atoms with Crippen molar-refractivity contribution in [1.82, 2.24) is 14.5 Å². The van der Waals surface area contributed by atoms with Crippen LogP contribution in [0.5, 0.6) is 0 Å². The first-order valence-electron chi connectivity index (χ1n) is 10.1. The van der Waals surface area contributed by atoms with Gasteiger partial charge in [-0.2, -0.15) is 0 Å². The number of benzene rings is 1. The van der Waals surface area contributed by atoms with Gasteiger partial charge in [0.25, 0.3) is 0 Å². The lowest BCUT2D eigenvalue weighted by molar-refractivity contribution is -0.116. The van der Waals surface area contributed by atoms with Crippen molar-refractivity contribution in [3.63, 3.8) is 0 Å². The van der Waals surface area contributed by atoms with Gasteiger partial charge in [0.15, 0.2) is 10.7 Å². The van der Waals surface area contributed by atoms with Crippen LogP contribution in [0.2, 0.25) is 0 Å². The molecule has 1 amide bonds. The molecule has 0 bridgehead atoms. The lowest BCUT2D eigenvalue weighted by Gasteiger charge is -2.30. The Balaban J connectivity index is 1.26. The third-order valence-electron chi connectivity index (χ3n) is 5.28. The molecule has 2 aromatic heterocycles. The molecule has 0 saturated carbocycles. The van der Waals surface area contributed by atoms with Gasteiger partial charge in [-0.1, -0.05) is 19.1 Å². The molecule has 1 N–H and O–H groups in total. The van der Waals surface area contributed by atoms with Crippen LogP contribution in [0.3, 0.4) is 0 Å². The van der Waals surface area contributed by atoms with Gasteiger partial charge in [-0.05, 0) is 43.9 Å². The van der Waals surface area contributed by atoms with Crippen molar-refractivity contribution in [2.24, 2.45) is 5.92 Å². The normalized spacial score (nSPS) is 17.6. The Labute approximate surface area is 173 Å². The Morgan fingerprint density at radius 1 is 1.38 bits per heavy atom. The molecule has 1 aliphatic rings. The van der Waals surface area contributed by atoms with Crippen LogP contribution < -0.4 is 11.1 Å². The second-order valence-corrected chi connectivity index (χ2v) is 8.62. The summed E-state index contributed by atoms with van der Waals surface area (Å²) in [5, 5.41) is 5.54. The average Bonchev–Trinajstić information content (AvgIpc) is 3.25. The SMILES string of the molecule is CC1CCCN(Cc2csc(NC(=O)CCCn3c(=O)oc4ccccc43)n2)C1. The monoisotopic (exact) mass is 414 g/mol. The average molecular weight is 415 g/mol. The van der Waals surface area contributed by atoms with Crippen LogP contribution in [-0.2, 0) is 17.9 Å². The van der Waals surface area contributed by atoms with Crippen LogP contribution in [-0.4, -0.2) is 33.4 Å². The number of nitrogens with one attached hydrogen (secondary N) is 1. The number of fused-ring (bicyclic) bond motifs is 1. The van der Waals surface area contributed by atoms with Gasteiger partial charge < -0.3 is 9.73 Å². The lowest BCUT2D eigenvalue weighted by atomic mass is 10.0. The summed E-state index contributed by atoms with van der Waals surface area (Å²) >= 11 is 1.46. The van der Waals surface area contributed by atoms with E-state index >= 15 is 0 Å². The van der Waals surface area contributed by atoms with Gasteiger partial charge >= 0.3 is 5.76 Å². The Bertz CT molecular complexity index is 1040. The van der Waals surface area contributed by atoms with Gasteiger partial charge in [-0.25, -0.2) is 9.78 Å². The fourth-order valence-corrected chi connectivity index (χ4v) is 4.62. The second-order valence-electron chi connectivity index (χ2n) is 7.77. The smallest absolute Gasteiger partial charge is 0.408 e. The molecule has 29 heavy (non-hydrogen) atoms. The fourth-order valence-electron chi connectivity index (χ4n) is 3.90. The van der Waals surface area contributed by atoms with Crippen LogP contribution in [0.15, 0.2) is 38.9 Å². The summed E-state index contributed by atoms with van der Waals surface area (Å²) in [6, 6.07) is 7.31. The highest BCUT2D eigenvalue weighted by Gasteiger charge is 2.17. The van der Waals surface area contributed by atoms with Gasteiger partial charge in [-0.3, -0.25) is 14.3 Å². The van der Waals surface area contributed by atoms with E-state index < -0.39 is 0 Å². The standard InChI is InChI=1S/C21H26N4O3S/c1-15-6-4-10-24(12-15)13-16-14-29-20(22-16)23-19(26)9-5-11-25-17-7-2-3-8-18(17)28-21(25)27/h2-3,7-8,14-15H,4-6,9-13H2,1H3,(H,22,23,26). The molecular formula is C21H26N4O3S. The molecule has 4 rings (SSSR count). The minimum absolute atomic E-state index is 0.0849. The number of aromatic nitrogens is 2. The fraction of sp³-hybridized carbons (Fsp3) is 0.476. The first-order valence-corrected chi connectivity index (χ1v) is 11.0. The predicted molar refractivity (Wildman–Crippen MR) is 114 cm³/mol. The largest absolute Gasteiger partial charge is 0.419 e. The van der Waals surface area contributed by atoms with Crippen LogP contribution in [0.1, 0.15) is 38.3 Å². The summed E-state index contributed by atoms with van der Waals surface area (Å²) in [5.41, 5.74) is 2.34. The van der Waals surface area contributed by atoms with Crippen molar-refractivity contribution in [3.05, 3.63) is 45.9 Å². The summed E-state index contributed by atoms with van der Waals surface area (Å²) in [7, 11) is 0. The van der Waals surface area contributed by atoms with Crippen molar-refractivity contribution < 1.29 is 9.21 Å². The number of rotatable bonds is 7. The van der Waals surface area contributed by atoms with E-state index in [0.29, 0.717) is 30.1 Å². The van der Waals surface area contributed by atoms with E-state index in [1.807, 2.05) is 23.6 Å². The summed E-state index contributed by atoms with van der Waals surface area (Å²) in [4.78, 5) is 31.2. The molecule has 154 valence electrons. The molecular weight excluding hydrogens is 388 g/mol. The molecule has 1 aromatic carbocycles. The van der Waals surface area contributed by atoms with E-state index in [-0.39, 0.29) is 11.7 Å². The van der Waals surface area contributed by atoms with Crippen molar-refractivity contribution in [1.29, 1.82) is 0 Å². The number of carbonyl (C=O) groups is 1. The van der Waals surface area contributed by atoms with E-state index in [4.69, 9.17) is 4.42 Å². The predicted octanol–water partition coefficient (Wildman–Crippen LogP) is 3.70. The summed E-state index contributed by atoms with van der Waals surface area (Å²) < 4.78 is 6.79. The number of hydrogen-bond acceptors (Lipinski definition) is 6. The number of hydrogen-bond donors (Lipinski definition) is 1. The molecule has 1 unspecified atom stereocenters. The zero-order chi connectivity index (χ0) is 20.2. The maximum atomic E-state index is 12.3. The second kappa shape index (κ2) is 8.92. The highest BCUT2D eigenvalue weighted by molar-refractivity contribution is 7.13. The van der Waals surface area contributed by atoms with Gasteiger partial charge in [0, 0.05) is 31.4 Å². The number of piperidine rings is 1. The summed E-state index contributed by atoms with van der Waals surface area (Å²) in [5.74, 6) is 0.267. The number of carbonyl (C=O) groups excluding carboxylic acids is 1. The molecule has 1 aliphatic heterocycles. The third-order valence-corrected chi connectivity index (χ3v) is 6.09. The van der Waals surface area contributed by atoms with E-state index in [1.165, 1.54) is 24.2 Å². The molecule has 0 aliphatic carbocycles. The quantitative estimate of drug-likeness (QED) is 0.638. The zero-order valence-corrected chi connectivity index (χ0v) is 17.4. The maximum absolute atomic E-state index is 12.3. The number of amides is 1. The van der Waals surface area contributed by atoms with Gasteiger partial charge in [0.2, 0.25) is 5.91 Å². The molecule has 1 atom stereocenters. The zero-order valence-electron chi connectivity index (χ0n) is 16.6. The molecule has 1 saturated heterocycles. The molecule has 7 nitrogen and oxygen atoms in total. The first kappa shape index (κ1) is 19.8. The van der Waals surface area contributed by atoms with Crippen molar-refractivity contribution >= 4 is 33.5 Å². The molecule has 1 fully saturated rings. The molecule has 0 radical (unpaired) electrons. The molecule has 3 heterocycles. The number of nitrogens with zero attached hydrogens (tertiary/aromatic N) is 3. The minimum atomic E-state index is -0.386. The summed E-state index contributed by atoms with van der Waals surface area (Å²) in [6.45, 7) is 5.80. The van der Waals surface area contributed by atoms with Gasteiger partial charge in [-0.15, -0.1) is 11.3 Å². The Morgan fingerprint density at radius 3 is 3.10 bits per heavy atom. The van der Waals surface area contributed by atoms with E-state index in [0.717, 1.165) is 36.8 Å². The molecule has 8 heteroatoms. The van der Waals surface area contributed by atoms with Crippen molar-refractivity contribution in [2.45, 2.75) is 45.7 Å². The van der Waals surface area contributed by atoms with Crippen LogP contribution in [0.25, 0.3) is 11.1 Å². The highest BCUT2D eigenvalue weighted by Crippen LogP contribution is 2.21. The Hall–Kier alpha value is -2.45. The van der Waals surface area contributed by atoms with Crippen molar-refractivity contribution in [2.75, 3.05) is 18.4 Å². The van der Waals surface area contributed by atoms with Crippen LogP contribution in [0.4, 0.5) is 5.13 Å². The number of likely N-dealkylation sites (tertiary alicyclic amines) is 1. The maximum Gasteiger partial charge on any atom is 0.419 e. The first-order chi connectivity index (χ1) is 14.1. The third kappa shape index (κ3) is 4.94. The number of aryl methyl sites for hydroxylation is 1. The van der Waals surface area contributed by atoms with Crippen LogP contribution >= 0.6 is 11.3 Å². The topological polar surface area (TPSA) is 80.4 Å².